The van der Waals surface area contributed by atoms with Gasteiger partial charge in [-0.1, -0.05) is 26.7 Å². The van der Waals surface area contributed by atoms with Crippen LogP contribution in [0.4, 0.5) is 0 Å². The third-order valence-electron chi connectivity index (χ3n) is 4.36. The van der Waals surface area contributed by atoms with E-state index in [4.69, 9.17) is 9.47 Å². The zero-order valence-corrected chi connectivity index (χ0v) is 10.1. The van der Waals surface area contributed by atoms with Gasteiger partial charge in [0.05, 0.1) is 7.11 Å². The Labute approximate surface area is 91.1 Å². The third kappa shape index (κ3) is 1.19. The average Bonchev–Trinajstić information content (AvgIpc) is 2.79. The first-order valence-corrected chi connectivity index (χ1v) is 5.68. The fraction of sp³-hybridized carbons (Fsp3) is 0.917. The molecule has 3 heteroatoms. The Balaban J connectivity index is 2.27. The van der Waals surface area contributed by atoms with Gasteiger partial charge in [-0.3, -0.25) is 0 Å². The van der Waals surface area contributed by atoms with E-state index in [-0.39, 0.29) is 17.0 Å². The first-order chi connectivity index (χ1) is 6.90. The highest BCUT2D eigenvalue weighted by Gasteiger charge is 2.77. The van der Waals surface area contributed by atoms with Crippen LogP contribution in [0.25, 0.3) is 0 Å². The minimum atomic E-state index is -0.703. The van der Waals surface area contributed by atoms with Gasteiger partial charge in [0.15, 0.2) is 5.60 Å². The van der Waals surface area contributed by atoms with Crippen LogP contribution in [0.2, 0.25) is 0 Å². The number of rotatable bonds is 1. The molecule has 1 aliphatic carbocycles. The Morgan fingerprint density at radius 2 is 1.80 bits per heavy atom. The van der Waals surface area contributed by atoms with Crippen LogP contribution in [0.3, 0.4) is 0 Å². The molecule has 1 heterocycles. The summed E-state index contributed by atoms with van der Waals surface area (Å²) in [5.41, 5.74) is -0.898. The molecule has 0 N–H and O–H groups in total. The van der Waals surface area contributed by atoms with Gasteiger partial charge in [0, 0.05) is 0 Å². The molecule has 1 aliphatic heterocycles. The monoisotopic (exact) mass is 212 g/mol. The number of esters is 1. The highest BCUT2D eigenvalue weighted by molar-refractivity contribution is 5.84. The standard InChI is InChI=1S/C12H20O3/c1-10(2)7-5-6-8-12(10)11(3,15-12)9(13)14-4/h5-8H2,1-4H3. The summed E-state index contributed by atoms with van der Waals surface area (Å²) in [7, 11) is 1.43. The molecule has 3 nitrogen and oxygen atoms in total. The topological polar surface area (TPSA) is 38.8 Å². The molecule has 0 aromatic heterocycles. The van der Waals surface area contributed by atoms with Gasteiger partial charge in [-0.25, -0.2) is 4.79 Å². The number of carbonyl (C=O) groups is 1. The predicted molar refractivity (Wildman–Crippen MR) is 56.5 cm³/mol. The highest BCUT2D eigenvalue weighted by atomic mass is 16.7. The molecule has 2 aliphatic rings. The summed E-state index contributed by atoms with van der Waals surface area (Å²) >= 11 is 0. The molecular weight excluding hydrogens is 192 g/mol. The van der Waals surface area contributed by atoms with Crippen LogP contribution in [0.5, 0.6) is 0 Å². The van der Waals surface area contributed by atoms with E-state index in [1.54, 1.807) is 0 Å². The predicted octanol–water partition coefficient (Wildman–Crippen LogP) is 2.29. The molecule has 2 fully saturated rings. The van der Waals surface area contributed by atoms with Crippen molar-refractivity contribution in [3.05, 3.63) is 0 Å². The van der Waals surface area contributed by atoms with Gasteiger partial charge in [-0.15, -0.1) is 0 Å². The number of hydrogen-bond acceptors (Lipinski definition) is 3. The van der Waals surface area contributed by atoms with Crippen molar-refractivity contribution in [2.45, 2.75) is 57.7 Å². The zero-order valence-electron chi connectivity index (χ0n) is 10.1. The maximum absolute atomic E-state index is 11.7. The van der Waals surface area contributed by atoms with Crippen LogP contribution in [-0.2, 0) is 14.3 Å². The summed E-state index contributed by atoms with van der Waals surface area (Å²) in [6.07, 6.45) is 4.48. The third-order valence-corrected chi connectivity index (χ3v) is 4.36. The molecule has 1 spiro atoms. The lowest BCUT2D eigenvalue weighted by molar-refractivity contribution is -0.146. The van der Waals surface area contributed by atoms with E-state index < -0.39 is 5.60 Å². The molecule has 1 saturated carbocycles. The first-order valence-electron chi connectivity index (χ1n) is 5.68. The van der Waals surface area contributed by atoms with E-state index in [2.05, 4.69) is 13.8 Å². The van der Waals surface area contributed by atoms with Crippen molar-refractivity contribution < 1.29 is 14.3 Å². The molecule has 0 aromatic carbocycles. The van der Waals surface area contributed by atoms with Crippen LogP contribution in [0, 0.1) is 5.41 Å². The second-order valence-electron chi connectivity index (χ2n) is 5.54. The van der Waals surface area contributed by atoms with E-state index in [0.29, 0.717) is 0 Å². The SMILES string of the molecule is COC(=O)C1(C)OC12CCCCC2(C)C. The van der Waals surface area contributed by atoms with Gasteiger partial charge in [0.25, 0.3) is 0 Å². The fourth-order valence-electron chi connectivity index (χ4n) is 3.28. The maximum atomic E-state index is 11.7. The summed E-state index contributed by atoms with van der Waals surface area (Å²) in [4.78, 5) is 11.7. The van der Waals surface area contributed by atoms with Gasteiger partial charge in [0.1, 0.15) is 5.60 Å². The van der Waals surface area contributed by atoms with Crippen molar-refractivity contribution in [2.75, 3.05) is 7.11 Å². The second kappa shape index (κ2) is 2.97. The van der Waals surface area contributed by atoms with E-state index in [1.807, 2.05) is 6.92 Å². The molecule has 2 atom stereocenters. The Bertz CT molecular complexity index is 297. The smallest absolute Gasteiger partial charge is 0.340 e. The van der Waals surface area contributed by atoms with Crippen molar-refractivity contribution in [3.8, 4) is 0 Å². The first kappa shape index (κ1) is 10.9. The molecule has 0 radical (unpaired) electrons. The lowest BCUT2D eigenvalue weighted by Gasteiger charge is -2.37. The highest BCUT2D eigenvalue weighted by Crippen LogP contribution is 2.64. The van der Waals surface area contributed by atoms with Crippen LogP contribution in [0.15, 0.2) is 0 Å². The van der Waals surface area contributed by atoms with Gasteiger partial charge >= 0.3 is 5.97 Å². The minimum Gasteiger partial charge on any atom is -0.467 e. The molecule has 15 heavy (non-hydrogen) atoms. The van der Waals surface area contributed by atoms with Crippen molar-refractivity contribution in [1.29, 1.82) is 0 Å². The maximum Gasteiger partial charge on any atom is 0.340 e. The van der Waals surface area contributed by atoms with E-state index >= 15 is 0 Å². The van der Waals surface area contributed by atoms with E-state index in [9.17, 15) is 4.79 Å². The number of methoxy groups -OCH3 is 1. The van der Waals surface area contributed by atoms with E-state index in [0.717, 1.165) is 19.3 Å². The van der Waals surface area contributed by atoms with Gasteiger partial charge in [-0.05, 0) is 25.2 Å². The van der Waals surface area contributed by atoms with Crippen LogP contribution in [-0.4, -0.2) is 24.3 Å². The van der Waals surface area contributed by atoms with Crippen LogP contribution in [0.1, 0.15) is 46.5 Å². The summed E-state index contributed by atoms with van der Waals surface area (Å²) in [6, 6.07) is 0. The van der Waals surface area contributed by atoms with Gasteiger partial charge < -0.3 is 9.47 Å². The van der Waals surface area contributed by atoms with Crippen molar-refractivity contribution in [2.24, 2.45) is 5.41 Å². The number of epoxide rings is 1. The van der Waals surface area contributed by atoms with Gasteiger partial charge in [0.2, 0.25) is 0 Å². The van der Waals surface area contributed by atoms with Gasteiger partial charge in [-0.2, -0.15) is 0 Å². The molecule has 0 aromatic rings. The normalized spacial score (nSPS) is 42.7. The Kier molecular flexibility index (Phi) is 2.16. The largest absolute Gasteiger partial charge is 0.467 e. The lowest BCUT2D eigenvalue weighted by atomic mass is 9.64. The molecular formula is C12H20O3. The molecule has 0 amide bonds. The summed E-state index contributed by atoms with van der Waals surface area (Å²) < 4.78 is 10.7. The average molecular weight is 212 g/mol. The number of ether oxygens (including phenoxy) is 2. The van der Waals surface area contributed by atoms with Crippen molar-refractivity contribution >= 4 is 5.97 Å². The summed E-state index contributed by atoms with van der Waals surface area (Å²) in [5.74, 6) is -0.225. The molecule has 86 valence electrons. The van der Waals surface area contributed by atoms with Crippen LogP contribution >= 0.6 is 0 Å². The number of carbonyl (C=O) groups excluding carboxylic acids is 1. The molecule has 0 bridgehead atoms. The molecule has 1 saturated heterocycles. The fourth-order valence-corrected chi connectivity index (χ4v) is 3.28. The number of hydrogen-bond donors (Lipinski definition) is 0. The lowest BCUT2D eigenvalue weighted by Crippen LogP contribution is -2.45. The summed E-state index contributed by atoms with van der Waals surface area (Å²) in [5, 5.41) is 0. The zero-order chi connectivity index (χ0) is 11.3. The van der Waals surface area contributed by atoms with Crippen molar-refractivity contribution in [3.63, 3.8) is 0 Å². The Hall–Kier alpha value is -0.570. The Morgan fingerprint density at radius 1 is 1.20 bits per heavy atom. The quantitative estimate of drug-likeness (QED) is 0.494. The minimum absolute atomic E-state index is 0.0776. The second-order valence-corrected chi connectivity index (χ2v) is 5.54. The molecule has 2 rings (SSSR count). The van der Waals surface area contributed by atoms with Crippen LogP contribution < -0.4 is 0 Å². The summed E-state index contributed by atoms with van der Waals surface area (Å²) in [6.45, 7) is 6.26. The van der Waals surface area contributed by atoms with Crippen molar-refractivity contribution in [1.82, 2.24) is 0 Å². The van der Waals surface area contributed by atoms with E-state index in [1.165, 1.54) is 13.5 Å². The Morgan fingerprint density at radius 3 is 2.33 bits per heavy atom. The molecule has 2 unspecified atom stereocenters.